The number of tetrazole rings is 1. The lowest BCUT2D eigenvalue weighted by Crippen LogP contribution is -2.66. The van der Waals surface area contributed by atoms with E-state index in [0.29, 0.717) is 17.8 Å². The Hall–Kier alpha value is -4.70. The summed E-state index contributed by atoms with van der Waals surface area (Å²) in [5.74, 6) is -1.70. The van der Waals surface area contributed by atoms with E-state index in [9.17, 15) is 19.5 Å². The highest BCUT2D eigenvalue weighted by Crippen LogP contribution is 2.33. The van der Waals surface area contributed by atoms with Crippen molar-refractivity contribution in [2.24, 2.45) is 5.92 Å². The van der Waals surface area contributed by atoms with E-state index >= 15 is 0 Å². The van der Waals surface area contributed by atoms with Gasteiger partial charge in [0.1, 0.15) is 13.2 Å². The molecule has 10 nitrogen and oxygen atoms in total. The highest BCUT2D eigenvalue weighted by Gasteiger charge is 2.57. The van der Waals surface area contributed by atoms with Gasteiger partial charge < -0.3 is 9.84 Å². The van der Waals surface area contributed by atoms with Crippen LogP contribution < -0.4 is 0 Å². The summed E-state index contributed by atoms with van der Waals surface area (Å²) in [6.45, 7) is 5.14. The van der Waals surface area contributed by atoms with Gasteiger partial charge in [-0.3, -0.25) is 0 Å². The third kappa shape index (κ3) is 6.60. The number of nitrogens with zero attached hydrogens (tertiary/aromatic N) is 4. The lowest BCUT2D eigenvalue weighted by Gasteiger charge is -2.38. The molecule has 1 aromatic heterocycles. The third-order valence-electron chi connectivity index (χ3n) is 7.30. The lowest BCUT2D eigenvalue weighted by atomic mass is 9.95. The van der Waals surface area contributed by atoms with Crippen LogP contribution in [0.4, 0.5) is 4.79 Å². The molecule has 2 N–H and O–H groups in total. The summed E-state index contributed by atoms with van der Waals surface area (Å²) < 4.78 is 4.77. The van der Waals surface area contributed by atoms with E-state index in [-0.39, 0.29) is 19.6 Å². The number of carbonyl (C=O) groups excluding carboxylic acids is 2. The number of nitrogens with one attached hydrogen (secondary N) is 1. The number of amides is 2. The average molecular weight is 571 g/mol. The number of benzene rings is 3. The summed E-state index contributed by atoms with van der Waals surface area (Å²) >= 11 is 0. The Morgan fingerprint density at radius 2 is 1.57 bits per heavy atom. The molecule has 0 aliphatic rings. The molecule has 218 valence electrons. The number of hydrogen-bond donors (Lipinski definition) is 2. The number of ether oxygens (including phenoxy) is 1. The van der Waals surface area contributed by atoms with Crippen molar-refractivity contribution in [2.75, 3.05) is 0 Å². The van der Waals surface area contributed by atoms with Gasteiger partial charge in [0, 0.05) is 17.0 Å². The van der Waals surface area contributed by atoms with Crippen molar-refractivity contribution in [3.05, 3.63) is 90.0 Å². The molecule has 0 radical (unpaired) electrons. The van der Waals surface area contributed by atoms with Crippen LogP contribution in [-0.4, -0.2) is 54.2 Å². The molecule has 0 spiro atoms. The molecule has 4 aromatic rings. The van der Waals surface area contributed by atoms with Gasteiger partial charge in [-0.2, -0.15) is 4.79 Å². The third-order valence-corrected chi connectivity index (χ3v) is 7.30. The number of carboxylic acid groups (broad SMARTS) is 1. The summed E-state index contributed by atoms with van der Waals surface area (Å²) in [4.78, 5) is 40.7. The maximum Gasteiger partial charge on any atom is 0.524 e. The van der Waals surface area contributed by atoms with Crippen LogP contribution in [0, 0.1) is 5.92 Å². The van der Waals surface area contributed by atoms with Crippen LogP contribution in [0.5, 0.6) is 0 Å². The van der Waals surface area contributed by atoms with Crippen LogP contribution in [0.3, 0.4) is 0 Å². The predicted molar refractivity (Wildman–Crippen MR) is 156 cm³/mol. The van der Waals surface area contributed by atoms with Gasteiger partial charge in [0.25, 0.3) is 0 Å². The minimum atomic E-state index is -1.34. The second-order valence-electron chi connectivity index (χ2n) is 10.6. The van der Waals surface area contributed by atoms with E-state index in [1.807, 2.05) is 85.8 Å². The molecule has 0 aliphatic carbocycles. The second kappa shape index (κ2) is 13.8. The van der Waals surface area contributed by atoms with E-state index in [4.69, 9.17) is 4.74 Å². The van der Waals surface area contributed by atoms with Crippen molar-refractivity contribution in [2.45, 2.75) is 59.2 Å². The summed E-state index contributed by atoms with van der Waals surface area (Å²) in [6, 6.07) is 22.8. The van der Waals surface area contributed by atoms with Crippen LogP contribution in [-0.2, 0) is 27.5 Å². The Morgan fingerprint density at radius 3 is 2.17 bits per heavy atom. The standard InChI is InChI=1S/C32H35N5O5/c1-4-5-15-28(38)37(29(22(2)3)31(39)40,32(41)42-21-24-11-7-6-8-12-24)20-23-16-18-25(19-17-23)26-13-9-10-14-27(26)30-33-35-36-34-30/h6-14,16-19,22,29H,4-5,15,20-21H2,1-3H3,(H-,33,34,35,36,39,40)/p+1/t29-,37?/m0/s1. The number of aromatic nitrogens is 4. The molecule has 4 rings (SSSR count). The Bertz CT molecular complexity index is 1490. The van der Waals surface area contributed by atoms with Gasteiger partial charge in [0.05, 0.1) is 6.42 Å². The summed E-state index contributed by atoms with van der Waals surface area (Å²) in [6.07, 6.45) is 0.443. The van der Waals surface area contributed by atoms with Crippen molar-refractivity contribution in [3.63, 3.8) is 0 Å². The number of imide groups is 1. The van der Waals surface area contributed by atoms with Crippen LogP contribution in [0.2, 0.25) is 0 Å². The van der Waals surface area contributed by atoms with Gasteiger partial charge in [-0.25, -0.2) is 14.7 Å². The topological polar surface area (TPSA) is 135 Å². The van der Waals surface area contributed by atoms with Gasteiger partial charge in [-0.05, 0) is 33.5 Å². The van der Waals surface area contributed by atoms with Gasteiger partial charge in [0.2, 0.25) is 6.04 Å². The van der Waals surface area contributed by atoms with E-state index in [2.05, 4.69) is 20.6 Å². The van der Waals surface area contributed by atoms with E-state index in [0.717, 1.165) is 28.7 Å². The molecule has 0 saturated heterocycles. The zero-order chi connectivity index (χ0) is 30.1. The fourth-order valence-electron chi connectivity index (χ4n) is 5.26. The number of aromatic amines is 1. The highest BCUT2D eigenvalue weighted by atomic mass is 16.6. The molecule has 42 heavy (non-hydrogen) atoms. The van der Waals surface area contributed by atoms with Crippen LogP contribution in [0.1, 0.15) is 51.2 Å². The van der Waals surface area contributed by atoms with E-state index in [1.165, 1.54) is 0 Å². The molecular formula is C32H36N5O5+. The average Bonchev–Trinajstić information content (AvgIpc) is 3.54. The van der Waals surface area contributed by atoms with Crippen molar-refractivity contribution in [1.29, 1.82) is 0 Å². The van der Waals surface area contributed by atoms with E-state index in [1.54, 1.807) is 13.8 Å². The molecule has 0 saturated carbocycles. The first-order chi connectivity index (χ1) is 20.3. The maximum absolute atomic E-state index is 14.0. The second-order valence-corrected chi connectivity index (χ2v) is 10.6. The first-order valence-corrected chi connectivity index (χ1v) is 14.1. The monoisotopic (exact) mass is 570 g/mol. The highest BCUT2D eigenvalue weighted by molar-refractivity contribution is 5.86. The molecular weight excluding hydrogens is 534 g/mol. The number of carboxylic acids is 1. The van der Waals surface area contributed by atoms with Crippen molar-refractivity contribution in [1.82, 2.24) is 20.6 Å². The number of carbonyl (C=O) groups is 3. The zero-order valence-electron chi connectivity index (χ0n) is 24.1. The van der Waals surface area contributed by atoms with Crippen molar-refractivity contribution in [3.8, 4) is 22.5 Å². The summed E-state index contributed by atoms with van der Waals surface area (Å²) in [7, 11) is 0. The van der Waals surface area contributed by atoms with Crippen molar-refractivity contribution >= 4 is 18.0 Å². The largest absolute Gasteiger partial charge is 0.524 e. The fourth-order valence-corrected chi connectivity index (χ4v) is 5.26. The Morgan fingerprint density at radius 1 is 0.905 bits per heavy atom. The summed E-state index contributed by atoms with van der Waals surface area (Å²) in [5.41, 5.74) is 3.93. The first kappa shape index (κ1) is 30.3. The van der Waals surface area contributed by atoms with Gasteiger partial charge in [-0.15, -0.1) is 9.58 Å². The zero-order valence-corrected chi connectivity index (χ0v) is 24.1. The molecule has 2 amide bonds. The Balaban J connectivity index is 1.74. The molecule has 0 bridgehead atoms. The smallest absolute Gasteiger partial charge is 0.477 e. The van der Waals surface area contributed by atoms with Crippen molar-refractivity contribution < 1.29 is 28.7 Å². The maximum atomic E-state index is 14.0. The van der Waals surface area contributed by atoms with Gasteiger partial charge >= 0.3 is 18.0 Å². The SMILES string of the molecule is CCCCC(=O)[N+](Cc1ccc(-c2ccccc2-c2nnn[nH]2)cc1)(C(=O)OCc1ccccc1)[C@H](C(=O)O)C(C)C. The van der Waals surface area contributed by atoms with Gasteiger partial charge in [-0.1, -0.05) is 106 Å². The molecule has 0 fully saturated rings. The molecule has 3 aromatic carbocycles. The molecule has 10 heteroatoms. The van der Waals surface area contributed by atoms with E-state index < -0.39 is 34.4 Å². The van der Waals surface area contributed by atoms with Crippen LogP contribution in [0.15, 0.2) is 78.9 Å². The normalized spacial score (nSPS) is 13.3. The van der Waals surface area contributed by atoms with Crippen LogP contribution >= 0.6 is 0 Å². The van der Waals surface area contributed by atoms with Gasteiger partial charge in [0.15, 0.2) is 5.82 Å². The van der Waals surface area contributed by atoms with Crippen LogP contribution in [0.25, 0.3) is 22.5 Å². The number of aliphatic carboxylic acids is 1. The minimum Gasteiger partial charge on any atom is -0.477 e. The number of unbranched alkanes of at least 4 members (excludes halogenated alkanes) is 1. The number of hydrogen-bond acceptors (Lipinski definition) is 7. The minimum absolute atomic E-state index is 0.0596. The summed E-state index contributed by atoms with van der Waals surface area (Å²) in [5, 5.41) is 24.5. The fraction of sp³-hybridized carbons (Fsp3) is 0.312. The first-order valence-electron chi connectivity index (χ1n) is 14.1. The quantitative estimate of drug-likeness (QED) is 0.198. The number of quaternary nitrogens is 1. The predicted octanol–water partition coefficient (Wildman–Crippen LogP) is 6.01. The molecule has 1 heterocycles. The molecule has 2 atom stereocenters. The lowest BCUT2D eigenvalue weighted by molar-refractivity contribution is -0.818. The number of rotatable bonds is 12. The molecule has 0 aliphatic heterocycles. The molecule has 1 unspecified atom stereocenters. The Kier molecular flexibility index (Phi) is 9.93. The number of H-pyrrole nitrogens is 1. The Labute approximate surface area is 244 Å².